The van der Waals surface area contributed by atoms with Crippen molar-refractivity contribution in [2.45, 2.75) is 0 Å². The molecule has 0 N–H and O–H groups in total. The lowest BCUT2D eigenvalue weighted by molar-refractivity contribution is 0.0734. The van der Waals surface area contributed by atoms with Gasteiger partial charge in [0.25, 0.3) is 0 Å². The minimum absolute atomic E-state index is 0.411. The molecule has 3 aromatic rings. The maximum absolute atomic E-state index is 12.1. The Hall–Kier alpha value is -3.28. The van der Waals surface area contributed by atoms with Crippen LogP contribution in [0.4, 0.5) is 0 Å². The van der Waals surface area contributed by atoms with Crippen molar-refractivity contribution in [2.75, 3.05) is 0 Å². The smallest absolute Gasteiger partial charge is 0.343 e. The number of aromatic nitrogens is 3. The monoisotopic (exact) mass is 292 g/mol. The summed E-state index contributed by atoms with van der Waals surface area (Å²) in [5.74, 6) is 0.0268. The van der Waals surface area contributed by atoms with Gasteiger partial charge in [0, 0.05) is 5.56 Å². The normalized spacial score (nSPS) is 10.7. The number of benzene rings is 2. The summed E-state index contributed by atoms with van der Waals surface area (Å²) in [7, 11) is 0. The van der Waals surface area contributed by atoms with E-state index in [0.29, 0.717) is 16.9 Å². The van der Waals surface area contributed by atoms with Crippen molar-refractivity contribution < 1.29 is 9.53 Å². The average molecular weight is 292 g/mol. The molecule has 0 radical (unpaired) electrons. The number of nitrogens with zero attached hydrogens (tertiary/aromatic N) is 4. The van der Waals surface area contributed by atoms with E-state index in [4.69, 9.17) is 4.74 Å². The first-order chi connectivity index (χ1) is 10.8. The van der Waals surface area contributed by atoms with E-state index in [1.54, 1.807) is 42.6 Å². The summed E-state index contributed by atoms with van der Waals surface area (Å²) in [5.41, 5.74) is 1.17. The topological polar surface area (TPSA) is 69.4 Å². The molecule has 0 bridgehead atoms. The highest BCUT2D eigenvalue weighted by atomic mass is 16.5. The number of carbonyl (C=O) groups excluding carboxylic acids is 1. The molecule has 1 aromatic heterocycles. The first kappa shape index (κ1) is 13.7. The first-order valence-electron chi connectivity index (χ1n) is 6.58. The van der Waals surface area contributed by atoms with E-state index >= 15 is 0 Å². The van der Waals surface area contributed by atoms with Gasteiger partial charge in [-0.1, -0.05) is 30.3 Å². The largest absolute Gasteiger partial charge is 0.422 e. The van der Waals surface area contributed by atoms with Gasteiger partial charge in [-0.25, -0.2) is 9.47 Å². The Morgan fingerprint density at radius 1 is 1.00 bits per heavy atom. The number of hydrogen-bond acceptors (Lipinski definition) is 5. The molecular weight excluding hydrogens is 280 g/mol. The second-order valence-corrected chi connectivity index (χ2v) is 4.38. The SMILES string of the molecule is O=C(Oc1ccccc1/C=N/n1cnnc1)c1ccccc1. The molecule has 1 heterocycles. The van der Waals surface area contributed by atoms with Crippen LogP contribution in [0.5, 0.6) is 5.75 Å². The Balaban J connectivity index is 1.81. The van der Waals surface area contributed by atoms with Crippen LogP contribution in [0.1, 0.15) is 15.9 Å². The lowest BCUT2D eigenvalue weighted by Crippen LogP contribution is -2.09. The number of carbonyl (C=O) groups is 1. The number of ether oxygens (including phenoxy) is 1. The van der Waals surface area contributed by atoms with Crippen LogP contribution < -0.4 is 4.74 Å². The average Bonchev–Trinajstić information content (AvgIpc) is 3.08. The molecule has 0 spiro atoms. The molecule has 0 amide bonds. The molecule has 0 aliphatic carbocycles. The molecule has 6 nitrogen and oxygen atoms in total. The molecule has 0 aliphatic heterocycles. The minimum Gasteiger partial charge on any atom is -0.422 e. The third-order valence-electron chi connectivity index (χ3n) is 2.87. The van der Waals surface area contributed by atoms with Gasteiger partial charge in [-0.15, -0.1) is 10.2 Å². The molecule has 6 heteroatoms. The summed E-state index contributed by atoms with van der Waals surface area (Å²) in [6.07, 6.45) is 4.52. The summed E-state index contributed by atoms with van der Waals surface area (Å²) >= 11 is 0. The van der Waals surface area contributed by atoms with Gasteiger partial charge in [0.2, 0.25) is 0 Å². The molecule has 22 heavy (non-hydrogen) atoms. The van der Waals surface area contributed by atoms with E-state index in [9.17, 15) is 4.79 Å². The summed E-state index contributed by atoms with van der Waals surface area (Å²) in [5, 5.41) is 11.5. The Kier molecular flexibility index (Phi) is 4.01. The fraction of sp³-hybridized carbons (Fsp3) is 0. The van der Waals surface area contributed by atoms with Crippen molar-refractivity contribution in [1.82, 2.24) is 14.9 Å². The quantitative estimate of drug-likeness (QED) is 0.420. The lowest BCUT2D eigenvalue weighted by Gasteiger charge is -2.07. The standard InChI is InChI=1S/C16H12N4O2/c21-16(13-6-2-1-3-7-13)22-15-9-5-4-8-14(15)10-19-20-11-17-18-12-20/h1-12H/b19-10+. The highest BCUT2D eigenvalue weighted by molar-refractivity contribution is 5.93. The highest BCUT2D eigenvalue weighted by Gasteiger charge is 2.10. The molecule has 2 aromatic carbocycles. The molecule has 108 valence electrons. The van der Waals surface area contributed by atoms with Crippen LogP contribution in [0.3, 0.4) is 0 Å². The molecule has 0 unspecified atom stereocenters. The zero-order chi connectivity index (χ0) is 15.2. The van der Waals surface area contributed by atoms with Crippen LogP contribution >= 0.6 is 0 Å². The van der Waals surface area contributed by atoms with Gasteiger partial charge in [-0.3, -0.25) is 0 Å². The summed E-state index contributed by atoms with van der Waals surface area (Å²) in [4.78, 5) is 12.1. The van der Waals surface area contributed by atoms with Gasteiger partial charge < -0.3 is 4.74 Å². The predicted octanol–water partition coefficient (Wildman–Crippen LogP) is 2.38. The summed E-state index contributed by atoms with van der Waals surface area (Å²) in [6.45, 7) is 0. The second-order valence-electron chi connectivity index (χ2n) is 4.38. The maximum Gasteiger partial charge on any atom is 0.343 e. The van der Waals surface area contributed by atoms with Gasteiger partial charge in [0.05, 0.1) is 11.8 Å². The number of para-hydroxylation sites is 1. The van der Waals surface area contributed by atoms with Crippen molar-refractivity contribution >= 4 is 12.2 Å². The zero-order valence-electron chi connectivity index (χ0n) is 11.5. The van der Waals surface area contributed by atoms with Gasteiger partial charge in [0.15, 0.2) is 0 Å². The Labute approximate surface area is 126 Å². The van der Waals surface area contributed by atoms with E-state index in [-0.39, 0.29) is 0 Å². The first-order valence-corrected chi connectivity index (χ1v) is 6.58. The van der Waals surface area contributed by atoms with E-state index in [2.05, 4.69) is 15.3 Å². The number of hydrogen-bond donors (Lipinski definition) is 0. The van der Waals surface area contributed by atoms with Gasteiger partial charge >= 0.3 is 5.97 Å². The third kappa shape index (κ3) is 3.24. The highest BCUT2D eigenvalue weighted by Crippen LogP contribution is 2.17. The van der Waals surface area contributed by atoms with E-state index < -0.39 is 5.97 Å². The molecular formula is C16H12N4O2. The summed E-state index contributed by atoms with van der Waals surface area (Å²) in [6, 6.07) is 16.0. The minimum atomic E-state index is -0.411. The second kappa shape index (κ2) is 6.45. The molecule has 3 rings (SSSR count). The zero-order valence-corrected chi connectivity index (χ0v) is 11.5. The molecule has 0 atom stereocenters. The lowest BCUT2D eigenvalue weighted by atomic mass is 10.2. The van der Waals surface area contributed by atoms with Gasteiger partial charge in [0.1, 0.15) is 18.4 Å². The van der Waals surface area contributed by atoms with Crippen LogP contribution in [0.15, 0.2) is 72.4 Å². The Morgan fingerprint density at radius 2 is 1.68 bits per heavy atom. The fourth-order valence-corrected chi connectivity index (χ4v) is 1.80. The molecule has 0 saturated carbocycles. The van der Waals surface area contributed by atoms with Crippen LogP contribution in [0, 0.1) is 0 Å². The van der Waals surface area contributed by atoms with Gasteiger partial charge in [-0.2, -0.15) is 5.10 Å². The molecule has 0 saturated heterocycles. The van der Waals surface area contributed by atoms with E-state index in [1.807, 2.05) is 18.2 Å². The van der Waals surface area contributed by atoms with Crippen molar-refractivity contribution in [2.24, 2.45) is 5.10 Å². The van der Waals surface area contributed by atoms with E-state index in [0.717, 1.165) is 0 Å². The van der Waals surface area contributed by atoms with Crippen LogP contribution in [-0.4, -0.2) is 27.1 Å². The van der Waals surface area contributed by atoms with E-state index in [1.165, 1.54) is 17.3 Å². The maximum atomic E-state index is 12.1. The Morgan fingerprint density at radius 3 is 2.45 bits per heavy atom. The predicted molar refractivity (Wildman–Crippen MR) is 80.9 cm³/mol. The summed E-state index contributed by atoms with van der Waals surface area (Å²) < 4.78 is 6.88. The molecule has 0 fully saturated rings. The van der Waals surface area contributed by atoms with Gasteiger partial charge in [-0.05, 0) is 24.3 Å². The van der Waals surface area contributed by atoms with Crippen molar-refractivity contribution in [3.8, 4) is 5.75 Å². The van der Waals surface area contributed by atoms with Crippen molar-refractivity contribution in [3.63, 3.8) is 0 Å². The van der Waals surface area contributed by atoms with Crippen molar-refractivity contribution in [1.29, 1.82) is 0 Å². The molecule has 0 aliphatic rings. The van der Waals surface area contributed by atoms with Crippen LogP contribution in [-0.2, 0) is 0 Å². The number of rotatable bonds is 4. The number of esters is 1. The third-order valence-corrected chi connectivity index (χ3v) is 2.87. The van der Waals surface area contributed by atoms with Crippen LogP contribution in [0.2, 0.25) is 0 Å². The van der Waals surface area contributed by atoms with Crippen molar-refractivity contribution in [3.05, 3.63) is 78.4 Å². The Bertz CT molecular complexity index is 783. The fourth-order valence-electron chi connectivity index (χ4n) is 1.80. The van der Waals surface area contributed by atoms with Crippen LogP contribution in [0.25, 0.3) is 0 Å².